The van der Waals surface area contributed by atoms with E-state index in [2.05, 4.69) is 25.7 Å². The summed E-state index contributed by atoms with van der Waals surface area (Å²) in [6.07, 6.45) is 0.982. The number of nitrogens with two attached hydrogens (primary N) is 1. The van der Waals surface area contributed by atoms with Crippen LogP contribution in [0.3, 0.4) is 0 Å². The molecule has 3 amide bonds. The highest BCUT2D eigenvalue weighted by molar-refractivity contribution is 5.95. The fourth-order valence-electron chi connectivity index (χ4n) is 1.75. The molecule has 0 aliphatic heterocycles. The molecule has 0 radical (unpaired) electrons. The topological polar surface area (TPSA) is 144 Å². The van der Waals surface area contributed by atoms with Gasteiger partial charge in [-0.1, -0.05) is 0 Å². The number of aromatic amines is 1. The van der Waals surface area contributed by atoms with Crippen LogP contribution in [0.2, 0.25) is 0 Å². The van der Waals surface area contributed by atoms with Crippen molar-refractivity contribution >= 4 is 17.9 Å². The number of rotatable bonds is 6. The smallest absolute Gasteiger partial charge is 0.405 e. The van der Waals surface area contributed by atoms with Gasteiger partial charge in [0.1, 0.15) is 5.69 Å². The summed E-state index contributed by atoms with van der Waals surface area (Å²) in [6.45, 7) is 1.60. The van der Waals surface area contributed by atoms with Gasteiger partial charge in [-0.05, 0) is 25.1 Å². The van der Waals surface area contributed by atoms with E-state index in [-0.39, 0.29) is 12.2 Å². The third kappa shape index (κ3) is 4.33. The molecule has 2 aromatic rings. The van der Waals surface area contributed by atoms with Crippen LogP contribution in [0.4, 0.5) is 4.79 Å². The van der Waals surface area contributed by atoms with E-state index in [9.17, 15) is 14.4 Å². The van der Waals surface area contributed by atoms with E-state index in [0.717, 1.165) is 0 Å². The maximum Gasteiger partial charge on any atom is 0.405 e. The molecular formula is C13H16N6O4. The van der Waals surface area contributed by atoms with Crippen LogP contribution >= 0.6 is 0 Å². The average molecular weight is 320 g/mol. The Morgan fingerprint density at radius 3 is 2.87 bits per heavy atom. The van der Waals surface area contributed by atoms with E-state index in [4.69, 9.17) is 5.73 Å². The minimum Gasteiger partial charge on any atom is -0.437 e. The van der Waals surface area contributed by atoms with Crippen molar-refractivity contribution in [3.05, 3.63) is 42.0 Å². The second kappa shape index (κ2) is 7.11. The summed E-state index contributed by atoms with van der Waals surface area (Å²) in [7, 11) is 0. The van der Waals surface area contributed by atoms with E-state index in [1.54, 1.807) is 18.3 Å². The molecule has 23 heavy (non-hydrogen) atoms. The summed E-state index contributed by atoms with van der Waals surface area (Å²) in [5.41, 5.74) is 8.16. The predicted octanol–water partition coefficient (Wildman–Crippen LogP) is -0.305. The summed E-state index contributed by atoms with van der Waals surface area (Å²) in [5, 5.41) is 9.22. The molecule has 1 unspecified atom stereocenters. The molecule has 2 aromatic heterocycles. The molecule has 0 aliphatic rings. The summed E-state index contributed by atoms with van der Waals surface area (Å²) < 4.78 is 5.78. The van der Waals surface area contributed by atoms with Crippen molar-refractivity contribution in [2.45, 2.75) is 19.6 Å². The molecule has 2 rings (SSSR count). The monoisotopic (exact) mass is 320 g/mol. The van der Waals surface area contributed by atoms with Gasteiger partial charge in [-0.15, -0.1) is 0 Å². The normalized spacial score (nSPS) is 11.5. The number of aromatic nitrogens is 3. The van der Waals surface area contributed by atoms with Crippen molar-refractivity contribution in [2.75, 3.05) is 5.43 Å². The second-order valence-corrected chi connectivity index (χ2v) is 4.57. The van der Waals surface area contributed by atoms with Crippen molar-refractivity contribution < 1.29 is 19.1 Å². The lowest BCUT2D eigenvalue weighted by Gasteiger charge is -2.14. The average Bonchev–Trinajstić information content (AvgIpc) is 3.15. The van der Waals surface area contributed by atoms with Crippen molar-refractivity contribution in [3.63, 3.8) is 0 Å². The Hall–Kier alpha value is -3.30. The third-order valence-corrected chi connectivity index (χ3v) is 2.86. The van der Waals surface area contributed by atoms with E-state index in [1.165, 1.54) is 23.9 Å². The number of nitrogens with one attached hydrogen (secondary N) is 3. The number of hydrogen-bond donors (Lipinski definition) is 4. The van der Waals surface area contributed by atoms with Gasteiger partial charge >= 0.3 is 6.09 Å². The van der Waals surface area contributed by atoms with Crippen molar-refractivity contribution in [3.8, 4) is 0 Å². The van der Waals surface area contributed by atoms with Crippen molar-refractivity contribution in [1.29, 1.82) is 0 Å². The summed E-state index contributed by atoms with van der Waals surface area (Å²) in [6, 6.07) is 4.84. The van der Waals surface area contributed by atoms with Gasteiger partial charge in [0.2, 0.25) is 0 Å². The number of ether oxygens (including phenoxy) is 1. The standard InChI is InChI=1S/C13H16N6O4/c1-8(23-13(14)22)11(20)18-19-6-2-3-10(19)12(21)15-7-9-4-5-16-17-9/h2-6,8H,7H2,1H3,(H2,14,22)(H,15,21)(H,16,17)(H,18,20). The lowest BCUT2D eigenvalue weighted by molar-refractivity contribution is -0.124. The molecule has 0 aliphatic carbocycles. The molecule has 122 valence electrons. The summed E-state index contributed by atoms with van der Waals surface area (Å²) in [4.78, 5) is 34.6. The highest BCUT2D eigenvalue weighted by Gasteiger charge is 2.19. The Bertz CT molecular complexity index is 693. The number of H-pyrrole nitrogens is 1. The lowest BCUT2D eigenvalue weighted by atomic mass is 10.3. The maximum atomic E-state index is 12.1. The molecule has 0 bridgehead atoms. The second-order valence-electron chi connectivity index (χ2n) is 4.57. The van der Waals surface area contributed by atoms with E-state index >= 15 is 0 Å². The number of amides is 3. The van der Waals surface area contributed by atoms with Gasteiger partial charge in [0.25, 0.3) is 11.8 Å². The van der Waals surface area contributed by atoms with Gasteiger partial charge in [-0.2, -0.15) is 5.10 Å². The molecule has 0 spiro atoms. The van der Waals surface area contributed by atoms with Gasteiger partial charge in [-0.25, -0.2) is 4.79 Å². The fraction of sp³-hybridized carbons (Fsp3) is 0.231. The van der Waals surface area contributed by atoms with Gasteiger partial charge in [0, 0.05) is 12.4 Å². The van der Waals surface area contributed by atoms with Crippen LogP contribution < -0.4 is 16.5 Å². The Kier molecular flexibility index (Phi) is 4.97. The van der Waals surface area contributed by atoms with Crippen LogP contribution in [-0.2, 0) is 16.1 Å². The first-order valence-electron chi connectivity index (χ1n) is 6.68. The molecular weight excluding hydrogens is 304 g/mol. The largest absolute Gasteiger partial charge is 0.437 e. The van der Waals surface area contributed by atoms with Crippen LogP contribution in [-0.4, -0.2) is 38.9 Å². The molecule has 10 nitrogen and oxygen atoms in total. The minimum atomic E-state index is -1.09. The Labute approximate surface area is 131 Å². The van der Waals surface area contributed by atoms with Crippen LogP contribution in [0.1, 0.15) is 23.1 Å². The first-order chi connectivity index (χ1) is 11.0. The molecule has 1 atom stereocenters. The highest BCUT2D eigenvalue weighted by Crippen LogP contribution is 2.02. The number of hydrogen-bond acceptors (Lipinski definition) is 5. The third-order valence-electron chi connectivity index (χ3n) is 2.86. The molecule has 2 heterocycles. The maximum absolute atomic E-state index is 12.1. The van der Waals surface area contributed by atoms with E-state index in [1.807, 2.05) is 0 Å². The van der Waals surface area contributed by atoms with Crippen molar-refractivity contribution in [1.82, 2.24) is 20.2 Å². The summed E-state index contributed by atoms with van der Waals surface area (Å²) in [5.74, 6) is -1.02. The minimum absolute atomic E-state index is 0.208. The predicted molar refractivity (Wildman–Crippen MR) is 78.7 cm³/mol. The quantitative estimate of drug-likeness (QED) is 0.577. The van der Waals surface area contributed by atoms with Gasteiger partial charge < -0.3 is 15.8 Å². The zero-order chi connectivity index (χ0) is 16.8. The fourth-order valence-corrected chi connectivity index (χ4v) is 1.75. The zero-order valence-corrected chi connectivity index (χ0v) is 12.3. The van der Waals surface area contributed by atoms with Gasteiger partial charge in [0.05, 0.1) is 12.2 Å². The highest BCUT2D eigenvalue weighted by atomic mass is 16.6. The zero-order valence-electron chi connectivity index (χ0n) is 12.3. The van der Waals surface area contributed by atoms with E-state index in [0.29, 0.717) is 5.69 Å². The molecule has 0 saturated carbocycles. The molecule has 0 fully saturated rings. The number of carbonyl (C=O) groups is 3. The van der Waals surface area contributed by atoms with Crippen molar-refractivity contribution in [2.24, 2.45) is 5.73 Å². The van der Waals surface area contributed by atoms with Crippen LogP contribution in [0.15, 0.2) is 30.6 Å². The molecule has 0 saturated heterocycles. The van der Waals surface area contributed by atoms with E-state index < -0.39 is 24.0 Å². The van der Waals surface area contributed by atoms with Crippen LogP contribution in [0, 0.1) is 0 Å². The number of carbonyl (C=O) groups excluding carboxylic acids is 3. The number of nitrogens with zero attached hydrogens (tertiary/aromatic N) is 2. The Morgan fingerprint density at radius 2 is 2.22 bits per heavy atom. The molecule has 10 heteroatoms. The first-order valence-corrected chi connectivity index (χ1v) is 6.68. The lowest BCUT2D eigenvalue weighted by Crippen LogP contribution is -2.37. The molecule has 5 N–H and O–H groups in total. The molecule has 0 aromatic carbocycles. The number of primary amides is 1. The van der Waals surface area contributed by atoms with Crippen LogP contribution in [0.25, 0.3) is 0 Å². The Morgan fingerprint density at radius 1 is 1.43 bits per heavy atom. The first kappa shape index (κ1) is 16.1. The summed E-state index contributed by atoms with van der Waals surface area (Å²) >= 11 is 0. The SMILES string of the molecule is CC(OC(N)=O)C(=O)Nn1cccc1C(=O)NCc1cc[nH]n1. The van der Waals surface area contributed by atoms with Crippen LogP contribution in [0.5, 0.6) is 0 Å². The van der Waals surface area contributed by atoms with Gasteiger partial charge in [-0.3, -0.25) is 24.8 Å². The van der Waals surface area contributed by atoms with Gasteiger partial charge in [0.15, 0.2) is 6.10 Å². The Balaban J connectivity index is 1.97.